The standard InChI is InChI=1S/C10H11FO3S/c11-5-6-15(14)7-8-1-3-9(4-2-8)10(12)13/h1-4H,5-7H2,(H,12,13). The van der Waals surface area contributed by atoms with Crippen molar-refractivity contribution >= 4 is 16.8 Å². The predicted octanol–water partition coefficient (Wildman–Crippen LogP) is 1.60. The Labute approximate surface area is 89.4 Å². The Balaban J connectivity index is 2.64. The van der Waals surface area contributed by atoms with E-state index in [0.717, 1.165) is 5.56 Å². The molecule has 0 amide bonds. The van der Waals surface area contributed by atoms with E-state index in [0.29, 0.717) is 0 Å². The largest absolute Gasteiger partial charge is 0.478 e. The fourth-order valence-electron chi connectivity index (χ4n) is 1.09. The molecular weight excluding hydrogens is 219 g/mol. The second-order valence-electron chi connectivity index (χ2n) is 2.98. The van der Waals surface area contributed by atoms with Crippen LogP contribution in [0.15, 0.2) is 24.3 Å². The summed E-state index contributed by atoms with van der Waals surface area (Å²) in [5.74, 6) is -0.698. The Hall–Kier alpha value is -1.23. The van der Waals surface area contributed by atoms with Gasteiger partial charge < -0.3 is 5.11 Å². The highest BCUT2D eigenvalue weighted by Gasteiger charge is 2.04. The minimum absolute atomic E-state index is 0.0285. The third-order valence-corrected chi connectivity index (χ3v) is 3.10. The van der Waals surface area contributed by atoms with Gasteiger partial charge in [0.2, 0.25) is 0 Å². The third kappa shape index (κ3) is 3.79. The molecule has 0 aliphatic heterocycles. The molecule has 0 fully saturated rings. The van der Waals surface area contributed by atoms with Crippen molar-refractivity contribution in [2.75, 3.05) is 12.4 Å². The number of benzene rings is 1. The van der Waals surface area contributed by atoms with Crippen LogP contribution in [-0.2, 0) is 16.6 Å². The molecule has 1 aromatic rings. The van der Waals surface area contributed by atoms with Crippen LogP contribution in [-0.4, -0.2) is 27.7 Å². The number of halogens is 1. The quantitative estimate of drug-likeness (QED) is 0.836. The average Bonchev–Trinajstić information content (AvgIpc) is 2.18. The number of aromatic carboxylic acids is 1. The summed E-state index contributed by atoms with van der Waals surface area (Å²) in [7, 11) is -1.21. The van der Waals surface area contributed by atoms with E-state index in [-0.39, 0.29) is 17.1 Å². The van der Waals surface area contributed by atoms with Crippen LogP contribution in [0.5, 0.6) is 0 Å². The maximum Gasteiger partial charge on any atom is 0.335 e. The van der Waals surface area contributed by atoms with Crippen LogP contribution in [0, 0.1) is 0 Å². The van der Waals surface area contributed by atoms with E-state index in [1.54, 1.807) is 12.1 Å². The highest BCUT2D eigenvalue weighted by atomic mass is 32.2. The first kappa shape index (κ1) is 11.8. The van der Waals surface area contributed by atoms with Crippen molar-refractivity contribution in [3.05, 3.63) is 35.4 Å². The van der Waals surface area contributed by atoms with E-state index < -0.39 is 23.4 Å². The zero-order chi connectivity index (χ0) is 11.3. The van der Waals surface area contributed by atoms with Crippen LogP contribution in [0.25, 0.3) is 0 Å². The smallest absolute Gasteiger partial charge is 0.335 e. The first-order valence-corrected chi connectivity index (χ1v) is 5.85. The van der Waals surface area contributed by atoms with Gasteiger partial charge in [-0.3, -0.25) is 8.60 Å². The molecule has 0 bridgehead atoms. The Bertz CT molecular complexity index is 361. The fraction of sp³-hybridized carbons (Fsp3) is 0.300. The summed E-state index contributed by atoms with van der Waals surface area (Å²) < 4.78 is 23.0. The van der Waals surface area contributed by atoms with Gasteiger partial charge in [0, 0.05) is 16.6 Å². The molecule has 0 aliphatic rings. The predicted molar refractivity (Wildman–Crippen MR) is 56.1 cm³/mol. The lowest BCUT2D eigenvalue weighted by atomic mass is 10.1. The van der Waals surface area contributed by atoms with E-state index in [2.05, 4.69) is 0 Å². The summed E-state index contributed by atoms with van der Waals surface area (Å²) in [4.78, 5) is 10.5. The summed E-state index contributed by atoms with van der Waals surface area (Å²) in [5.41, 5.74) is 0.946. The van der Waals surface area contributed by atoms with Gasteiger partial charge in [-0.15, -0.1) is 0 Å². The van der Waals surface area contributed by atoms with E-state index in [1.807, 2.05) is 0 Å². The molecule has 1 aromatic carbocycles. The van der Waals surface area contributed by atoms with E-state index in [1.165, 1.54) is 12.1 Å². The molecule has 15 heavy (non-hydrogen) atoms. The molecule has 0 heterocycles. The van der Waals surface area contributed by atoms with Gasteiger partial charge >= 0.3 is 5.97 Å². The van der Waals surface area contributed by atoms with Crippen LogP contribution in [0.1, 0.15) is 15.9 Å². The van der Waals surface area contributed by atoms with Gasteiger partial charge in [0.15, 0.2) is 0 Å². The monoisotopic (exact) mass is 230 g/mol. The molecule has 0 saturated heterocycles. The van der Waals surface area contributed by atoms with Crippen molar-refractivity contribution in [1.82, 2.24) is 0 Å². The summed E-state index contributed by atoms with van der Waals surface area (Å²) in [6.07, 6.45) is 0. The molecule has 1 unspecified atom stereocenters. The number of alkyl halides is 1. The van der Waals surface area contributed by atoms with Gasteiger partial charge in [-0.1, -0.05) is 12.1 Å². The van der Waals surface area contributed by atoms with Crippen LogP contribution >= 0.6 is 0 Å². The molecule has 5 heteroatoms. The van der Waals surface area contributed by atoms with Gasteiger partial charge in [0.25, 0.3) is 0 Å². The molecule has 1 N–H and O–H groups in total. The normalized spacial score (nSPS) is 12.3. The minimum Gasteiger partial charge on any atom is -0.478 e. The maximum absolute atomic E-state index is 11.8. The highest BCUT2D eigenvalue weighted by molar-refractivity contribution is 7.84. The van der Waals surface area contributed by atoms with Crippen molar-refractivity contribution in [1.29, 1.82) is 0 Å². The van der Waals surface area contributed by atoms with Crippen LogP contribution in [0.2, 0.25) is 0 Å². The zero-order valence-electron chi connectivity index (χ0n) is 7.98. The van der Waals surface area contributed by atoms with Crippen LogP contribution in [0.3, 0.4) is 0 Å². The third-order valence-electron chi connectivity index (χ3n) is 1.83. The fourth-order valence-corrected chi connectivity index (χ4v) is 1.97. The Morgan fingerprint density at radius 3 is 2.40 bits per heavy atom. The van der Waals surface area contributed by atoms with Crippen LogP contribution < -0.4 is 0 Å². The molecule has 0 aliphatic carbocycles. The Kier molecular flexibility index (Phi) is 4.42. The Morgan fingerprint density at radius 1 is 1.33 bits per heavy atom. The molecule has 3 nitrogen and oxygen atoms in total. The lowest BCUT2D eigenvalue weighted by Gasteiger charge is -2.00. The molecule has 1 rings (SSSR count). The summed E-state index contributed by atoms with van der Waals surface area (Å²) in [5, 5.41) is 8.63. The molecule has 0 spiro atoms. The average molecular weight is 230 g/mol. The maximum atomic E-state index is 11.8. The second kappa shape index (κ2) is 5.60. The number of carboxylic acid groups (broad SMARTS) is 1. The van der Waals surface area contributed by atoms with Gasteiger partial charge in [0.1, 0.15) is 6.67 Å². The van der Waals surface area contributed by atoms with E-state index >= 15 is 0 Å². The first-order valence-electron chi connectivity index (χ1n) is 4.36. The Morgan fingerprint density at radius 2 is 1.93 bits per heavy atom. The van der Waals surface area contributed by atoms with Gasteiger partial charge in [0.05, 0.1) is 11.3 Å². The molecule has 1 atom stereocenters. The van der Waals surface area contributed by atoms with E-state index in [9.17, 15) is 13.4 Å². The van der Waals surface area contributed by atoms with Gasteiger partial charge in [-0.2, -0.15) is 0 Å². The van der Waals surface area contributed by atoms with Crippen molar-refractivity contribution in [3.63, 3.8) is 0 Å². The minimum atomic E-state index is -1.21. The molecule has 0 aromatic heterocycles. The molecule has 82 valence electrons. The van der Waals surface area contributed by atoms with Crippen molar-refractivity contribution in [2.45, 2.75) is 5.75 Å². The van der Waals surface area contributed by atoms with Crippen LogP contribution in [0.4, 0.5) is 4.39 Å². The molecule has 0 radical (unpaired) electrons. The number of hydrogen-bond donors (Lipinski definition) is 1. The zero-order valence-corrected chi connectivity index (χ0v) is 8.80. The summed E-state index contributed by atoms with van der Waals surface area (Å²) in [6.45, 7) is -0.597. The van der Waals surface area contributed by atoms with Gasteiger partial charge in [-0.05, 0) is 17.7 Å². The topological polar surface area (TPSA) is 54.4 Å². The lowest BCUT2D eigenvalue weighted by Crippen LogP contribution is -2.03. The number of hydrogen-bond acceptors (Lipinski definition) is 2. The van der Waals surface area contributed by atoms with Crippen molar-refractivity contribution in [3.8, 4) is 0 Å². The summed E-state index contributed by atoms with van der Waals surface area (Å²) >= 11 is 0. The molecular formula is C10H11FO3S. The van der Waals surface area contributed by atoms with Crippen molar-refractivity contribution in [2.24, 2.45) is 0 Å². The number of rotatable bonds is 5. The van der Waals surface area contributed by atoms with Crippen molar-refractivity contribution < 1.29 is 18.5 Å². The number of carboxylic acids is 1. The molecule has 0 saturated carbocycles. The summed E-state index contributed by atoms with van der Waals surface area (Å²) in [6, 6.07) is 6.09. The van der Waals surface area contributed by atoms with E-state index in [4.69, 9.17) is 5.11 Å². The second-order valence-corrected chi connectivity index (χ2v) is 4.56. The van der Waals surface area contributed by atoms with Gasteiger partial charge in [-0.25, -0.2) is 4.79 Å². The lowest BCUT2D eigenvalue weighted by molar-refractivity contribution is 0.0697. The highest BCUT2D eigenvalue weighted by Crippen LogP contribution is 2.07. The SMILES string of the molecule is O=C(O)c1ccc(CS(=O)CCF)cc1. The number of carbonyl (C=O) groups is 1. The first-order chi connectivity index (χ1) is 7.13.